The number of nitrogens with zero attached hydrogens (tertiary/aromatic N) is 2. The Morgan fingerprint density at radius 1 is 0.974 bits per heavy atom. The first-order valence-corrected chi connectivity index (χ1v) is 15.0. The van der Waals surface area contributed by atoms with Crippen molar-refractivity contribution in [1.82, 2.24) is 9.80 Å². The zero-order valence-electron chi connectivity index (χ0n) is 23.9. The molecule has 4 rings (SSSR count). The first-order chi connectivity index (χ1) is 18.6. The van der Waals surface area contributed by atoms with Crippen LogP contribution in [0, 0.1) is 19.8 Å². The highest BCUT2D eigenvalue weighted by Crippen LogP contribution is 2.39. The van der Waals surface area contributed by atoms with E-state index in [2.05, 4.69) is 0 Å². The molecule has 8 heteroatoms. The maximum Gasteiger partial charge on any atom is 0.349 e. The molecule has 210 valence electrons. The minimum atomic E-state index is -1.14. The number of ether oxygens (including phenoxy) is 2. The van der Waals surface area contributed by atoms with Gasteiger partial charge in [-0.1, -0.05) is 24.3 Å². The average molecular weight is 553 g/mol. The van der Waals surface area contributed by atoms with Crippen molar-refractivity contribution in [3.8, 4) is 5.75 Å². The van der Waals surface area contributed by atoms with Crippen LogP contribution in [0.4, 0.5) is 4.79 Å². The van der Waals surface area contributed by atoms with Gasteiger partial charge in [-0.15, -0.1) is 11.8 Å². The van der Waals surface area contributed by atoms with E-state index in [0.717, 1.165) is 47.5 Å². The number of esters is 1. The molecule has 0 N–H and O–H groups in total. The van der Waals surface area contributed by atoms with Crippen LogP contribution in [0.1, 0.15) is 66.6 Å². The number of urea groups is 1. The van der Waals surface area contributed by atoms with Crippen LogP contribution >= 0.6 is 11.8 Å². The number of hydrogen-bond donors (Lipinski definition) is 0. The number of Topliss-reactive ketones (excluding diaryl/α,β-unsaturated/α-hetero) is 1. The van der Waals surface area contributed by atoms with Crippen LogP contribution in [0.2, 0.25) is 0 Å². The predicted octanol–water partition coefficient (Wildman–Crippen LogP) is 5.86. The molecule has 0 bridgehead atoms. The molecule has 2 fully saturated rings. The van der Waals surface area contributed by atoms with Crippen LogP contribution < -0.4 is 4.74 Å². The lowest BCUT2D eigenvalue weighted by molar-refractivity contribution is -0.158. The first kappa shape index (κ1) is 29.0. The zero-order chi connectivity index (χ0) is 28.3. The molecule has 0 unspecified atom stereocenters. The molecule has 7 nitrogen and oxygen atoms in total. The van der Waals surface area contributed by atoms with Gasteiger partial charge in [-0.3, -0.25) is 4.79 Å². The fourth-order valence-electron chi connectivity index (χ4n) is 5.60. The lowest BCUT2D eigenvalue weighted by Crippen LogP contribution is -2.40. The zero-order valence-corrected chi connectivity index (χ0v) is 24.7. The van der Waals surface area contributed by atoms with Gasteiger partial charge < -0.3 is 19.3 Å². The van der Waals surface area contributed by atoms with Gasteiger partial charge >= 0.3 is 12.0 Å². The number of amides is 2. The van der Waals surface area contributed by atoms with Crippen molar-refractivity contribution in [2.45, 2.75) is 63.9 Å². The third kappa shape index (κ3) is 6.26. The molecule has 2 atom stereocenters. The summed E-state index contributed by atoms with van der Waals surface area (Å²) in [7, 11) is 0. The Morgan fingerprint density at radius 3 is 2.15 bits per heavy atom. The quantitative estimate of drug-likeness (QED) is 0.232. The summed E-state index contributed by atoms with van der Waals surface area (Å²) in [6.45, 7) is 11.8. The second kappa shape index (κ2) is 12.0. The van der Waals surface area contributed by atoms with Gasteiger partial charge in [0.25, 0.3) is 0 Å². The predicted molar refractivity (Wildman–Crippen MR) is 154 cm³/mol. The highest BCUT2D eigenvalue weighted by molar-refractivity contribution is 7.98. The summed E-state index contributed by atoms with van der Waals surface area (Å²) < 4.78 is 11.4. The number of thioether (sulfide) groups is 1. The molecule has 0 aromatic heterocycles. The number of carbonyl (C=O) groups excluding carboxylic acids is 3. The number of ketones is 1. The molecule has 0 radical (unpaired) electrons. The molecule has 2 aliphatic rings. The Bertz CT molecular complexity index is 1200. The van der Waals surface area contributed by atoms with Crippen LogP contribution in [-0.2, 0) is 9.53 Å². The largest absolute Gasteiger partial charge is 0.476 e. The van der Waals surface area contributed by atoms with Crippen molar-refractivity contribution in [3.63, 3.8) is 0 Å². The molecule has 2 aromatic carbocycles. The monoisotopic (exact) mass is 552 g/mol. The number of rotatable bonds is 8. The van der Waals surface area contributed by atoms with Gasteiger partial charge in [-0.2, -0.15) is 0 Å². The second-order valence-electron chi connectivity index (χ2n) is 11.0. The standard InChI is InChI=1S/C31H40N2O5S/c1-7-37-29(35)31(4,5)38-28-20(2)16-23(17-21(28)3)25-18-33(30(36)32-14-8-9-15-32)19-26(25)27(34)22-10-12-24(39-6)13-11-22/h10-13,16-17,25-26H,7-9,14-15,18-19H2,1-6H3/t25-,26+/m1/s1. The number of hydrogen-bond acceptors (Lipinski definition) is 6. The van der Waals surface area contributed by atoms with Gasteiger partial charge in [-0.25, -0.2) is 9.59 Å². The van der Waals surface area contributed by atoms with Crippen LogP contribution in [0.3, 0.4) is 0 Å². The average Bonchev–Trinajstić information content (AvgIpc) is 3.61. The van der Waals surface area contributed by atoms with Crippen LogP contribution in [0.15, 0.2) is 41.3 Å². The SMILES string of the molecule is CCOC(=O)C(C)(C)Oc1c(C)cc([C@H]2CN(C(=O)N3CCCC3)C[C@@H]2C(=O)c2ccc(SC)cc2)cc1C. The summed E-state index contributed by atoms with van der Waals surface area (Å²) in [5.74, 6) is -0.219. The minimum Gasteiger partial charge on any atom is -0.476 e. The molecule has 2 aliphatic heterocycles. The van der Waals surface area contributed by atoms with Crippen LogP contribution in [0.5, 0.6) is 5.75 Å². The summed E-state index contributed by atoms with van der Waals surface area (Å²) in [6, 6.07) is 11.8. The molecular formula is C31H40N2O5S. The topological polar surface area (TPSA) is 76.2 Å². The fourth-order valence-corrected chi connectivity index (χ4v) is 6.01. The third-order valence-electron chi connectivity index (χ3n) is 7.71. The summed E-state index contributed by atoms with van der Waals surface area (Å²) in [5.41, 5.74) is 2.29. The Balaban J connectivity index is 1.65. The molecule has 0 spiro atoms. The van der Waals surface area contributed by atoms with Gasteiger partial charge in [0.1, 0.15) is 5.75 Å². The van der Waals surface area contributed by atoms with E-state index in [1.807, 2.05) is 66.3 Å². The maximum atomic E-state index is 13.8. The third-order valence-corrected chi connectivity index (χ3v) is 8.46. The van der Waals surface area contributed by atoms with Crippen molar-refractivity contribution < 1.29 is 23.9 Å². The maximum absolute atomic E-state index is 13.8. The van der Waals surface area contributed by atoms with Gasteiger partial charge in [0.15, 0.2) is 11.4 Å². The van der Waals surface area contributed by atoms with Gasteiger partial charge in [0, 0.05) is 48.5 Å². The van der Waals surface area contributed by atoms with E-state index in [1.54, 1.807) is 32.5 Å². The van der Waals surface area contributed by atoms with E-state index in [-0.39, 0.29) is 30.3 Å². The summed E-state index contributed by atoms with van der Waals surface area (Å²) >= 11 is 1.64. The van der Waals surface area contributed by atoms with Crippen molar-refractivity contribution in [1.29, 1.82) is 0 Å². The number of carbonyl (C=O) groups is 3. The van der Waals surface area contributed by atoms with E-state index < -0.39 is 11.6 Å². The summed E-state index contributed by atoms with van der Waals surface area (Å²) in [6.07, 6.45) is 4.06. The van der Waals surface area contributed by atoms with Gasteiger partial charge in [0.2, 0.25) is 0 Å². The lowest BCUT2D eigenvalue weighted by Gasteiger charge is -2.27. The molecule has 2 amide bonds. The van der Waals surface area contributed by atoms with E-state index >= 15 is 0 Å². The van der Waals surface area contributed by atoms with Crippen molar-refractivity contribution in [3.05, 3.63) is 58.7 Å². The normalized spacial score (nSPS) is 19.3. The lowest BCUT2D eigenvalue weighted by atomic mass is 9.82. The summed E-state index contributed by atoms with van der Waals surface area (Å²) in [4.78, 5) is 44.5. The van der Waals surface area contributed by atoms with E-state index in [9.17, 15) is 14.4 Å². The molecular weight excluding hydrogens is 512 g/mol. The Labute approximate surface area is 236 Å². The highest BCUT2D eigenvalue weighted by Gasteiger charge is 2.42. The Hall–Kier alpha value is -3.00. The smallest absolute Gasteiger partial charge is 0.349 e. The Morgan fingerprint density at radius 2 is 1.59 bits per heavy atom. The van der Waals surface area contributed by atoms with E-state index in [4.69, 9.17) is 9.47 Å². The van der Waals surface area contributed by atoms with Gasteiger partial charge in [0.05, 0.1) is 6.61 Å². The molecule has 2 heterocycles. The van der Waals surface area contributed by atoms with Crippen molar-refractivity contribution >= 4 is 29.5 Å². The summed E-state index contributed by atoms with van der Waals surface area (Å²) in [5, 5.41) is 0. The van der Waals surface area contributed by atoms with E-state index in [1.165, 1.54) is 0 Å². The van der Waals surface area contributed by atoms with Crippen molar-refractivity contribution in [2.24, 2.45) is 5.92 Å². The minimum absolute atomic E-state index is 0.0233. The molecule has 2 saturated heterocycles. The highest BCUT2D eigenvalue weighted by atomic mass is 32.2. The molecule has 2 aromatic rings. The fraction of sp³-hybridized carbons (Fsp3) is 0.516. The number of likely N-dealkylation sites (tertiary alicyclic amines) is 2. The second-order valence-corrected chi connectivity index (χ2v) is 11.9. The van der Waals surface area contributed by atoms with Crippen LogP contribution in [-0.4, -0.2) is 72.2 Å². The molecule has 0 saturated carbocycles. The van der Waals surface area contributed by atoms with E-state index in [0.29, 0.717) is 24.4 Å². The first-order valence-electron chi connectivity index (χ1n) is 13.7. The van der Waals surface area contributed by atoms with Crippen molar-refractivity contribution in [2.75, 3.05) is 39.0 Å². The van der Waals surface area contributed by atoms with Gasteiger partial charge in [-0.05, 0) is 82.5 Å². The molecule has 0 aliphatic carbocycles. The number of benzene rings is 2. The molecule has 39 heavy (non-hydrogen) atoms. The Kier molecular flexibility index (Phi) is 8.94. The number of aryl methyl sites for hydroxylation is 2. The van der Waals surface area contributed by atoms with Crippen LogP contribution in [0.25, 0.3) is 0 Å².